The Balaban J connectivity index is 1.64. The number of carbonyl (C=O) groups excluding carboxylic acids is 2. The van der Waals surface area contributed by atoms with Gasteiger partial charge < -0.3 is 10.6 Å². The molecule has 3 rings (SSSR count). The third-order valence-electron chi connectivity index (χ3n) is 4.12. The number of nitrogens with zero attached hydrogens (tertiary/aromatic N) is 3. The van der Waals surface area contributed by atoms with E-state index >= 15 is 0 Å². The van der Waals surface area contributed by atoms with Gasteiger partial charge in [0.2, 0.25) is 5.91 Å². The fourth-order valence-electron chi connectivity index (χ4n) is 2.69. The van der Waals surface area contributed by atoms with Gasteiger partial charge in [0.25, 0.3) is 5.91 Å². The van der Waals surface area contributed by atoms with Crippen LogP contribution in [-0.4, -0.2) is 33.4 Å². The normalized spacial score (nSPS) is 10.5. The maximum absolute atomic E-state index is 12.4. The first kappa shape index (κ1) is 19.6. The number of amides is 2. The summed E-state index contributed by atoms with van der Waals surface area (Å²) in [7, 11) is 0. The molecule has 7 nitrogen and oxygen atoms in total. The number of carbonyl (C=O) groups is 2. The summed E-state index contributed by atoms with van der Waals surface area (Å²) in [6.07, 6.45) is 0.800. The van der Waals surface area contributed by atoms with Crippen LogP contribution in [-0.2, 0) is 11.2 Å². The highest BCUT2D eigenvalue weighted by Crippen LogP contribution is 2.16. The number of aryl methyl sites for hydroxylation is 2. The molecule has 8 heteroatoms. The first-order valence-corrected chi connectivity index (χ1v) is 9.21. The summed E-state index contributed by atoms with van der Waals surface area (Å²) in [6.45, 7) is 3.53. The van der Waals surface area contributed by atoms with Crippen molar-refractivity contribution < 1.29 is 9.59 Å². The van der Waals surface area contributed by atoms with E-state index in [1.807, 2.05) is 31.2 Å². The van der Waals surface area contributed by atoms with E-state index in [-0.39, 0.29) is 18.1 Å². The van der Waals surface area contributed by atoms with E-state index in [0.29, 0.717) is 16.4 Å². The third kappa shape index (κ3) is 4.55. The van der Waals surface area contributed by atoms with Crippen LogP contribution in [0.2, 0.25) is 5.02 Å². The molecule has 0 atom stereocenters. The van der Waals surface area contributed by atoms with E-state index in [9.17, 15) is 9.59 Å². The molecule has 0 unspecified atom stereocenters. The highest BCUT2D eigenvalue weighted by atomic mass is 35.5. The lowest BCUT2D eigenvalue weighted by Crippen LogP contribution is -2.33. The summed E-state index contributed by atoms with van der Waals surface area (Å²) in [5.41, 5.74) is 3.02. The molecule has 2 N–H and O–H groups in total. The van der Waals surface area contributed by atoms with Gasteiger partial charge in [-0.2, -0.15) is 9.90 Å². The Morgan fingerprint density at radius 2 is 1.89 bits per heavy atom. The molecule has 2 aromatic carbocycles. The van der Waals surface area contributed by atoms with Gasteiger partial charge in [0.15, 0.2) is 5.69 Å². The van der Waals surface area contributed by atoms with Gasteiger partial charge in [-0.25, -0.2) is 0 Å². The van der Waals surface area contributed by atoms with Gasteiger partial charge in [-0.3, -0.25) is 9.59 Å². The SMILES string of the molecule is CCc1ccccc1NC(=O)CNC(=O)c1nn(-c2cccc(Cl)c2)nc1C. The van der Waals surface area contributed by atoms with Crippen molar-refractivity contribution in [1.29, 1.82) is 0 Å². The van der Waals surface area contributed by atoms with Crippen LogP contribution >= 0.6 is 11.6 Å². The number of nitrogens with one attached hydrogen (secondary N) is 2. The number of hydrogen-bond acceptors (Lipinski definition) is 4. The average molecular weight is 398 g/mol. The fourth-order valence-corrected chi connectivity index (χ4v) is 2.88. The first-order valence-electron chi connectivity index (χ1n) is 8.83. The molecular weight excluding hydrogens is 378 g/mol. The lowest BCUT2D eigenvalue weighted by molar-refractivity contribution is -0.115. The van der Waals surface area contributed by atoms with Crippen molar-refractivity contribution in [3.05, 3.63) is 70.5 Å². The van der Waals surface area contributed by atoms with Crippen molar-refractivity contribution in [3.8, 4) is 5.69 Å². The Kier molecular flexibility index (Phi) is 6.06. The third-order valence-corrected chi connectivity index (χ3v) is 4.35. The number of halogens is 1. The Morgan fingerprint density at radius 1 is 1.11 bits per heavy atom. The van der Waals surface area contributed by atoms with Gasteiger partial charge in [-0.1, -0.05) is 42.8 Å². The fraction of sp³-hybridized carbons (Fsp3) is 0.200. The molecule has 0 radical (unpaired) electrons. The molecule has 28 heavy (non-hydrogen) atoms. The number of anilines is 1. The molecule has 0 spiro atoms. The van der Waals surface area contributed by atoms with Crippen LogP contribution in [0.15, 0.2) is 48.5 Å². The molecule has 1 aromatic heterocycles. The molecule has 144 valence electrons. The van der Waals surface area contributed by atoms with Gasteiger partial charge in [0, 0.05) is 10.7 Å². The smallest absolute Gasteiger partial charge is 0.274 e. The Labute approximate surface area is 167 Å². The number of benzene rings is 2. The quantitative estimate of drug-likeness (QED) is 0.668. The molecule has 0 aliphatic heterocycles. The first-order chi connectivity index (χ1) is 13.5. The van der Waals surface area contributed by atoms with Crippen LogP contribution in [0.1, 0.15) is 28.7 Å². The van der Waals surface area contributed by atoms with Crippen LogP contribution in [0.25, 0.3) is 5.69 Å². The Bertz CT molecular complexity index is 1020. The number of para-hydroxylation sites is 1. The Morgan fingerprint density at radius 3 is 2.64 bits per heavy atom. The van der Waals surface area contributed by atoms with Gasteiger partial charge in [-0.05, 0) is 43.2 Å². The lowest BCUT2D eigenvalue weighted by Gasteiger charge is -2.10. The standard InChI is InChI=1S/C20H20ClN5O2/c1-3-14-7-4-5-10-17(14)23-18(27)12-22-20(28)19-13(2)24-26(25-19)16-9-6-8-15(21)11-16/h4-11H,3,12H2,1-2H3,(H,22,28)(H,23,27). The minimum absolute atomic E-state index is 0.154. The van der Waals surface area contributed by atoms with Crippen molar-refractivity contribution in [3.63, 3.8) is 0 Å². The molecule has 0 saturated heterocycles. The minimum atomic E-state index is -0.468. The molecule has 0 fully saturated rings. The molecule has 0 aliphatic carbocycles. The summed E-state index contributed by atoms with van der Waals surface area (Å²) < 4.78 is 0. The monoisotopic (exact) mass is 397 g/mol. The zero-order valence-electron chi connectivity index (χ0n) is 15.6. The van der Waals surface area contributed by atoms with Crippen LogP contribution in [0.4, 0.5) is 5.69 Å². The Hall–Kier alpha value is -3.19. The van der Waals surface area contributed by atoms with Crippen molar-refractivity contribution >= 4 is 29.1 Å². The number of hydrogen-bond donors (Lipinski definition) is 2. The summed E-state index contributed by atoms with van der Waals surface area (Å²) >= 11 is 5.98. The maximum atomic E-state index is 12.4. The molecule has 0 aliphatic rings. The zero-order chi connectivity index (χ0) is 20.1. The summed E-state index contributed by atoms with van der Waals surface area (Å²) in [6, 6.07) is 14.5. The van der Waals surface area contributed by atoms with Gasteiger partial charge in [-0.15, -0.1) is 5.10 Å². The van der Waals surface area contributed by atoms with E-state index in [1.54, 1.807) is 31.2 Å². The van der Waals surface area contributed by atoms with Gasteiger partial charge in [0.05, 0.1) is 17.9 Å². The van der Waals surface area contributed by atoms with E-state index in [0.717, 1.165) is 17.7 Å². The van der Waals surface area contributed by atoms with Crippen LogP contribution in [0, 0.1) is 6.92 Å². The minimum Gasteiger partial charge on any atom is -0.342 e. The van der Waals surface area contributed by atoms with Crippen molar-refractivity contribution in [2.75, 3.05) is 11.9 Å². The van der Waals surface area contributed by atoms with Gasteiger partial charge in [0.1, 0.15) is 0 Å². The number of aromatic nitrogens is 3. The largest absolute Gasteiger partial charge is 0.342 e. The second-order valence-electron chi connectivity index (χ2n) is 6.14. The second kappa shape index (κ2) is 8.67. The number of rotatable bonds is 6. The van der Waals surface area contributed by atoms with Gasteiger partial charge >= 0.3 is 0 Å². The predicted octanol–water partition coefficient (Wildman–Crippen LogP) is 3.16. The average Bonchev–Trinajstić information content (AvgIpc) is 3.08. The maximum Gasteiger partial charge on any atom is 0.274 e. The molecule has 2 amide bonds. The highest BCUT2D eigenvalue weighted by Gasteiger charge is 2.17. The molecule has 3 aromatic rings. The van der Waals surface area contributed by atoms with E-state index < -0.39 is 5.91 Å². The van der Waals surface area contributed by atoms with Crippen molar-refractivity contribution in [2.24, 2.45) is 0 Å². The lowest BCUT2D eigenvalue weighted by atomic mass is 10.1. The molecule has 1 heterocycles. The van der Waals surface area contributed by atoms with Crippen molar-refractivity contribution in [1.82, 2.24) is 20.3 Å². The zero-order valence-corrected chi connectivity index (χ0v) is 16.3. The summed E-state index contributed by atoms with van der Waals surface area (Å²) in [5.74, 6) is -0.779. The highest BCUT2D eigenvalue weighted by molar-refractivity contribution is 6.30. The molecular formula is C20H20ClN5O2. The van der Waals surface area contributed by atoms with E-state index in [1.165, 1.54) is 4.80 Å². The predicted molar refractivity (Wildman–Crippen MR) is 108 cm³/mol. The van der Waals surface area contributed by atoms with Crippen LogP contribution in [0.3, 0.4) is 0 Å². The van der Waals surface area contributed by atoms with E-state index in [2.05, 4.69) is 20.8 Å². The summed E-state index contributed by atoms with van der Waals surface area (Å²) in [5, 5.41) is 14.4. The molecule has 0 saturated carbocycles. The van der Waals surface area contributed by atoms with Crippen molar-refractivity contribution in [2.45, 2.75) is 20.3 Å². The van der Waals surface area contributed by atoms with Crippen LogP contribution in [0.5, 0.6) is 0 Å². The second-order valence-corrected chi connectivity index (χ2v) is 6.58. The molecule has 0 bridgehead atoms. The van der Waals surface area contributed by atoms with Crippen LogP contribution < -0.4 is 10.6 Å². The topological polar surface area (TPSA) is 88.9 Å². The van der Waals surface area contributed by atoms with E-state index in [4.69, 9.17) is 11.6 Å². The summed E-state index contributed by atoms with van der Waals surface area (Å²) in [4.78, 5) is 25.9.